The van der Waals surface area contributed by atoms with Crippen LogP contribution < -0.4 is 5.32 Å². The molecule has 0 saturated carbocycles. The quantitative estimate of drug-likeness (QED) is 0.680. The minimum absolute atomic E-state index is 0.136. The summed E-state index contributed by atoms with van der Waals surface area (Å²) in [7, 11) is 1.89. The lowest BCUT2D eigenvalue weighted by molar-refractivity contribution is -0.113. The summed E-state index contributed by atoms with van der Waals surface area (Å²) in [6, 6.07) is 9.82. The Morgan fingerprint density at radius 2 is 2.00 bits per heavy atom. The molecule has 1 aromatic carbocycles. The van der Waals surface area contributed by atoms with Crippen LogP contribution >= 0.6 is 23.1 Å². The molecule has 0 radical (unpaired) electrons. The number of rotatable bonds is 6. The van der Waals surface area contributed by atoms with Crippen molar-refractivity contribution < 1.29 is 4.79 Å². The largest absolute Gasteiger partial charge is 0.305 e. The van der Waals surface area contributed by atoms with E-state index in [0.717, 1.165) is 22.8 Å². The van der Waals surface area contributed by atoms with Crippen molar-refractivity contribution in [2.24, 2.45) is 7.05 Å². The Kier molecular flexibility index (Phi) is 5.21. The first-order valence-electron chi connectivity index (χ1n) is 7.37. The molecule has 9 heteroatoms. The number of nitrogens with one attached hydrogen (secondary N) is 1. The minimum atomic E-state index is -0.136. The second kappa shape index (κ2) is 7.54. The van der Waals surface area contributed by atoms with Crippen LogP contribution in [-0.4, -0.2) is 36.6 Å². The highest BCUT2D eigenvalue weighted by atomic mass is 32.2. The van der Waals surface area contributed by atoms with Crippen molar-refractivity contribution in [2.45, 2.75) is 18.5 Å². The molecule has 1 N–H and O–H groups in total. The summed E-state index contributed by atoms with van der Waals surface area (Å²) in [6.45, 7) is 2.00. The number of benzene rings is 1. The highest BCUT2D eigenvalue weighted by Crippen LogP contribution is 2.22. The van der Waals surface area contributed by atoms with Crippen LogP contribution in [0.25, 0.3) is 11.4 Å². The highest BCUT2D eigenvalue weighted by Gasteiger charge is 2.13. The van der Waals surface area contributed by atoms with Crippen molar-refractivity contribution in [1.82, 2.24) is 25.0 Å². The van der Waals surface area contributed by atoms with Gasteiger partial charge < -0.3 is 4.57 Å². The van der Waals surface area contributed by atoms with Gasteiger partial charge in [-0.25, -0.2) is 0 Å². The van der Waals surface area contributed by atoms with Crippen LogP contribution in [0.3, 0.4) is 0 Å². The highest BCUT2D eigenvalue weighted by molar-refractivity contribution is 7.99. The smallest absolute Gasteiger partial charge is 0.236 e. The molecule has 2 heterocycles. The lowest BCUT2D eigenvalue weighted by Gasteiger charge is -2.03. The Morgan fingerprint density at radius 3 is 2.71 bits per heavy atom. The zero-order valence-corrected chi connectivity index (χ0v) is 14.9. The van der Waals surface area contributed by atoms with Crippen LogP contribution in [0.2, 0.25) is 0 Å². The molecule has 1 amide bonds. The summed E-state index contributed by atoms with van der Waals surface area (Å²) in [6.07, 6.45) is 0.809. The standard InChI is InChI=1S/C15H16N6OS2/c1-3-12-17-19-14(24-12)16-11(22)9-23-15-20-18-13(21(15)2)10-7-5-4-6-8-10/h4-8H,3,9H2,1-2H3,(H,16,19,22). The molecule has 0 unspecified atom stereocenters. The van der Waals surface area contributed by atoms with Gasteiger partial charge in [0.25, 0.3) is 0 Å². The molecule has 0 saturated heterocycles. The van der Waals surface area contributed by atoms with Crippen LogP contribution in [0, 0.1) is 0 Å². The van der Waals surface area contributed by atoms with Crippen LogP contribution in [0.5, 0.6) is 0 Å². The number of carbonyl (C=O) groups is 1. The van der Waals surface area contributed by atoms with E-state index in [-0.39, 0.29) is 11.7 Å². The van der Waals surface area contributed by atoms with E-state index >= 15 is 0 Å². The van der Waals surface area contributed by atoms with Gasteiger partial charge in [-0.2, -0.15) is 0 Å². The Labute approximate surface area is 147 Å². The molecule has 0 atom stereocenters. The Bertz CT molecular complexity index is 830. The third kappa shape index (κ3) is 3.80. The molecule has 0 aliphatic heterocycles. The van der Waals surface area contributed by atoms with Crippen LogP contribution in [-0.2, 0) is 18.3 Å². The molecule has 24 heavy (non-hydrogen) atoms. The number of hydrogen-bond acceptors (Lipinski definition) is 7. The second-order valence-corrected chi connectivity index (χ2v) is 6.93. The summed E-state index contributed by atoms with van der Waals surface area (Å²) < 4.78 is 1.88. The molecule has 2 aromatic heterocycles. The van der Waals surface area contributed by atoms with E-state index < -0.39 is 0 Å². The fraction of sp³-hybridized carbons (Fsp3) is 0.267. The molecular formula is C15H16N6OS2. The average Bonchev–Trinajstić information content (AvgIpc) is 3.20. The Hall–Kier alpha value is -2.26. The topological polar surface area (TPSA) is 85.6 Å². The van der Waals surface area contributed by atoms with E-state index in [2.05, 4.69) is 25.7 Å². The van der Waals surface area contributed by atoms with Crippen molar-refractivity contribution in [3.05, 3.63) is 35.3 Å². The molecule has 0 aliphatic carbocycles. The van der Waals surface area contributed by atoms with E-state index in [9.17, 15) is 4.79 Å². The average molecular weight is 360 g/mol. The number of hydrogen-bond donors (Lipinski definition) is 1. The maximum absolute atomic E-state index is 12.0. The molecule has 124 valence electrons. The maximum atomic E-state index is 12.0. The summed E-state index contributed by atoms with van der Waals surface area (Å²) in [5.74, 6) is 0.875. The van der Waals surface area contributed by atoms with Gasteiger partial charge in [-0.15, -0.1) is 20.4 Å². The molecule has 0 bridgehead atoms. The minimum Gasteiger partial charge on any atom is -0.305 e. The first-order valence-corrected chi connectivity index (χ1v) is 9.17. The first-order chi connectivity index (χ1) is 11.7. The lowest BCUT2D eigenvalue weighted by Crippen LogP contribution is -2.14. The number of aryl methyl sites for hydroxylation is 1. The summed E-state index contributed by atoms with van der Waals surface area (Å²) in [5, 5.41) is 21.1. The molecule has 3 aromatic rings. The van der Waals surface area contributed by atoms with Crippen molar-refractivity contribution in [3.63, 3.8) is 0 Å². The number of nitrogens with zero attached hydrogens (tertiary/aromatic N) is 5. The monoisotopic (exact) mass is 360 g/mol. The number of carbonyl (C=O) groups excluding carboxylic acids is 1. The van der Waals surface area contributed by atoms with Gasteiger partial charge in [0.15, 0.2) is 11.0 Å². The summed E-state index contributed by atoms with van der Waals surface area (Å²) in [4.78, 5) is 12.0. The van der Waals surface area contributed by atoms with Crippen LogP contribution in [0.1, 0.15) is 11.9 Å². The predicted octanol–water partition coefficient (Wildman–Crippen LogP) is 2.63. The van der Waals surface area contributed by atoms with Crippen LogP contribution in [0.4, 0.5) is 5.13 Å². The van der Waals surface area contributed by atoms with Gasteiger partial charge in [0.05, 0.1) is 5.75 Å². The van der Waals surface area contributed by atoms with Gasteiger partial charge in [0.2, 0.25) is 11.0 Å². The predicted molar refractivity (Wildman–Crippen MR) is 95.1 cm³/mol. The summed E-state index contributed by atoms with van der Waals surface area (Å²) in [5.41, 5.74) is 0.991. The van der Waals surface area contributed by atoms with Crippen molar-refractivity contribution in [1.29, 1.82) is 0 Å². The van der Waals surface area contributed by atoms with E-state index in [1.165, 1.54) is 23.1 Å². The number of aromatic nitrogens is 5. The van der Waals surface area contributed by atoms with E-state index in [1.54, 1.807) is 0 Å². The number of amides is 1. The zero-order chi connectivity index (χ0) is 16.9. The SMILES string of the molecule is CCc1nnc(NC(=O)CSc2nnc(-c3ccccc3)n2C)s1. The molecule has 0 aliphatic rings. The lowest BCUT2D eigenvalue weighted by atomic mass is 10.2. The molecule has 7 nitrogen and oxygen atoms in total. The second-order valence-electron chi connectivity index (χ2n) is 4.92. The van der Waals surface area contributed by atoms with Crippen molar-refractivity contribution in [3.8, 4) is 11.4 Å². The van der Waals surface area contributed by atoms with Gasteiger partial charge in [-0.1, -0.05) is 60.4 Å². The van der Waals surface area contributed by atoms with Gasteiger partial charge >= 0.3 is 0 Å². The Balaban J connectivity index is 1.60. The summed E-state index contributed by atoms with van der Waals surface area (Å²) >= 11 is 2.73. The normalized spacial score (nSPS) is 10.8. The van der Waals surface area contributed by atoms with Gasteiger partial charge in [0, 0.05) is 12.6 Å². The van der Waals surface area contributed by atoms with Gasteiger partial charge in [-0.05, 0) is 6.42 Å². The number of thioether (sulfide) groups is 1. The molecular weight excluding hydrogens is 344 g/mol. The van der Waals surface area contributed by atoms with Crippen LogP contribution in [0.15, 0.2) is 35.5 Å². The van der Waals surface area contributed by atoms with Gasteiger partial charge in [0.1, 0.15) is 5.01 Å². The molecule has 0 fully saturated rings. The first kappa shape index (κ1) is 16.6. The van der Waals surface area contributed by atoms with Crippen molar-refractivity contribution >= 4 is 34.1 Å². The fourth-order valence-corrected chi connectivity index (χ4v) is 3.42. The third-order valence-electron chi connectivity index (χ3n) is 3.21. The number of anilines is 1. The molecule has 0 spiro atoms. The Morgan fingerprint density at radius 1 is 1.21 bits per heavy atom. The zero-order valence-electron chi connectivity index (χ0n) is 13.3. The fourth-order valence-electron chi connectivity index (χ4n) is 2.01. The van der Waals surface area contributed by atoms with Crippen molar-refractivity contribution in [2.75, 3.05) is 11.1 Å². The van der Waals surface area contributed by atoms with E-state index in [4.69, 9.17) is 0 Å². The molecule has 3 rings (SSSR count). The maximum Gasteiger partial charge on any atom is 0.236 e. The van der Waals surface area contributed by atoms with E-state index in [1.807, 2.05) is 48.9 Å². The van der Waals surface area contributed by atoms with E-state index in [0.29, 0.717) is 10.3 Å². The third-order valence-corrected chi connectivity index (χ3v) is 5.22. The van der Waals surface area contributed by atoms with Gasteiger partial charge in [-0.3, -0.25) is 10.1 Å².